The number of rotatable bonds is 12. The molecule has 3 aromatic rings. The molecule has 33 heavy (non-hydrogen) atoms. The molecule has 0 radical (unpaired) electrons. The molecule has 1 N–H and O–H groups in total. The molecule has 1 atom stereocenters. The SMILES string of the molecule is CCCC[C@@H](O)CN(CCC)Cc1c(C)nn(-c2ccc(F)cc2)c1Oc1cccc(F)c1. The van der Waals surface area contributed by atoms with Crippen molar-refractivity contribution in [3.8, 4) is 17.3 Å². The van der Waals surface area contributed by atoms with E-state index in [1.54, 1.807) is 28.9 Å². The molecule has 178 valence electrons. The first kappa shape index (κ1) is 24.9. The van der Waals surface area contributed by atoms with Crippen LogP contribution in [0.2, 0.25) is 0 Å². The minimum atomic E-state index is -0.406. The first-order valence-corrected chi connectivity index (χ1v) is 11.6. The van der Waals surface area contributed by atoms with Crippen LogP contribution in [-0.2, 0) is 6.54 Å². The highest BCUT2D eigenvalue weighted by molar-refractivity contribution is 5.43. The van der Waals surface area contributed by atoms with Crippen LogP contribution < -0.4 is 4.74 Å². The van der Waals surface area contributed by atoms with Crippen molar-refractivity contribution in [2.75, 3.05) is 13.1 Å². The smallest absolute Gasteiger partial charge is 0.227 e. The lowest BCUT2D eigenvalue weighted by Gasteiger charge is -2.25. The summed E-state index contributed by atoms with van der Waals surface area (Å²) in [6, 6.07) is 11.9. The van der Waals surface area contributed by atoms with Crippen molar-refractivity contribution < 1.29 is 18.6 Å². The second-order valence-electron chi connectivity index (χ2n) is 8.35. The summed E-state index contributed by atoms with van der Waals surface area (Å²) in [7, 11) is 0. The number of hydrogen-bond acceptors (Lipinski definition) is 4. The number of aryl methyl sites for hydroxylation is 1. The Hall–Kier alpha value is -2.77. The van der Waals surface area contributed by atoms with Crippen LogP contribution in [0.15, 0.2) is 48.5 Å². The average Bonchev–Trinajstić information content (AvgIpc) is 3.08. The van der Waals surface area contributed by atoms with Gasteiger partial charge >= 0.3 is 0 Å². The molecule has 0 unspecified atom stereocenters. The summed E-state index contributed by atoms with van der Waals surface area (Å²) in [5, 5.41) is 15.2. The fourth-order valence-corrected chi connectivity index (χ4v) is 3.83. The lowest BCUT2D eigenvalue weighted by atomic mass is 10.1. The third-order valence-electron chi connectivity index (χ3n) is 5.50. The van der Waals surface area contributed by atoms with Gasteiger partial charge < -0.3 is 9.84 Å². The zero-order valence-electron chi connectivity index (χ0n) is 19.6. The van der Waals surface area contributed by atoms with Crippen molar-refractivity contribution in [1.82, 2.24) is 14.7 Å². The zero-order valence-corrected chi connectivity index (χ0v) is 19.6. The van der Waals surface area contributed by atoms with Crippen molar-refractivity contribution in [3.05, 3.63) is 71.4 Å². The number of unbranched alkanes of at least 4 members (excludes halogenated alkanes) is 1. The van der Waals surface area contributed by atoms with Crippen molar-refractivity contribution in [1.29, 1.82) is 0 Å². The van der Waals surface area contributed by atoms with Crippen molar-refractivity contribution in [3.63, 3.8) is 0 Å². The molecule has 7 heteroatoms. The molecule has 1 heterocycles. The molecule has 2 aromatic carbocycles. The first-order chi connectivity index (χ1) is 15.9. The Morgan fingerprint density at radius 1 is 1.06 bits per heavy atom. The molecule has 0 saturated heterocycles. The van der Waals surface area contributed by atoms with E-state index in [1.165, 1.54) is 24.3 Å². The number of aliphatic hydroxyl groups excluding tert-OH is 1. The number of nitrogens with zero attached hydrogens (tertiary/aromatic N) is 3. The summed E-state index contributed by atoms with van der Waals surface area (Å²) in [6.07, 6.45) is 3.32. The van der Waals surface area contributed by atoms with E-state index >= 15 is 0 Å². The molecule has 0 bridgehead atoms. The Bertz CT molecular complexity index is 1020. The Morgan fingerprint density at radius 3 is 2.48 bits per heavy atom. The summed E-state index contributed by atoms with van der Waals surface area (Å²) in [5.74, 6) is 0.0642. The van der Waals surface area contributed by atoms with Gasteiger partial charge in [-0.1, -0.05) is 32.8 Å². The van der Waals surface area contributed by atoms with Gasteiger partial charge in [0.1, 0.15) is 17.4 Å². The Kier molecular flexibility index (Phi) is 8.97. The second kappa shape index (κ2) is 11.9. The molecular formula is C26H33F2N3O2. The van der Waals surface area contributed by atoms with Crippen LogP contribution in [0.25, 0.3) is 5.69 Å². The molecule has 0 amide bonds. The van der Waals surface area contributed by atoms with Crippen molar-refractivity contribution in [2.45, 2.75) is 59.1 Å². The second-order valence-corrected chi connectivity index (χ2v) is 8.35. The van der Waals surface area contributed by atoms with Crippen LogP contribution >= 0.6 is 0 Å². The zero-order chi connectivity index (χ0) is 23.8. The molecule has 5 nitrogen and oxygen atoms in total. The largest absolute Gasteiger partial charge is 0.438 e. The Morgan fingerprint density at radius 2 is 1.82 bits per heavy atom. The molecule has 0 saturated carbocycles. The third-order valence-corrected chi connectivity index (χ3v) is 5.50. The van der Waals surface area contributed by atoms with Gasteiger partial charge in [0.05, 0.1) is 23.0 Å². The highest BCUT2D eigenvalue weighted by atomic mass is 19.1. The number of aromatic nitrogens is 2. The normalized spacial score (nSPS) is 12.3. The van der Waals surface area contributed by atoms with E-state index in [9.17, 15) is 13.9 Å². The number of hydrogen-bond donors (Lipinski definition) is 1. The molecule has 0 spiro atoms. The first-order valence-electron chi connectivity index (χ1n) is 11.6. The van der Waals surface area contributed by atoms with Gasteiger partial charge in [0.2, 0.25) is 5.88 Å². The van der Waals surface area contributed by atoms with E-state index in [0.717, 1.165) is 43.5 Å². The summed E-state index contributed by atoms with van der Waals surface area (Å²) in [6.45, 7) is 7.99. The maximum Gasteiger partial charge on any atom is 0.227 e. The molecule has 3 rings (SSSR count). The quantitative estimate of drug-likeness (QED) is 0.362. The van der Waals surface area contributed by atoms with Crippen LogP contribution in [0.3, 0.4) is 0 Å². The molecule has 0 aliphatic carbocycles. The fraction of sp³-hybridized carbons (Fsp3) is 0.423. The fourth-order valence-electron chi connectivity index (χ4n) is 3.83. The van der Waals surface area contributed by atoms with E-state index in [2.05, 4.69) is 23.8 Å². The number of benzene rings is 2. The molecule has 0 aliphatic rings. The number of halogens is 2. The van der Waals surface area contributed by atoms with Crippen molar-refractivity contribution in [2.24, 2.45) is 0 Å². The molecular weight excluding hydrogens is 424 g/mol. The van der Waals surface area contributed by atoms with Gasteiger partial charge in [-0.3, -0.25) is 4.90 Å². The predicted octanol–water partition coefficient (Wildman–Crippen LogP) is 6.01. The van der Waals surface area contributed by atoms with Crippen molar-refractivity contribution >= 4 is 0 Å². The van der Waals surface area contributed by atoms with Gasteiger partial charge in [0.25, 0.3) is 0 Å². The van der Waals surface area contributed by atoms with E-state index in [-0.39, 0.29) is 5.82 Å². The number of aliphatic hydroxyl groups is 1. The summed E-state index contributed by atoms with van der Waals surface area (Å²) < 4.78 is 35.1. The van der Waals surface area contributed by atoms with E-state index in [4.69, 9.17) is 4.74 Å². The van der Waals surface area contributed by atoms with Crippen LogP contribution in [0.5, 0.6) is 11.6 Å². The van der Waals surface area contributed by atoms with Crippen LogP contribution in [0.1, 0.15) is 50.8 Å². The maximum absolute atomic E-state index is 13.8. The van der Waals surface area contributed by atoms with Gasteiger partial charge in [-0.25, -0.2) is 13.5 Å². The van der Waals surface area contributed by atoms with Gasteiger partial charge in [0, 0.05) is 19.2 Å². The highest BCUT2D eigenvalue weighted by Crippen LogP contribution is 2.32. The third kappa shape index (κ3) is 6.85. The van der Waals surface area contributed by atoms with Crippen LogP contribution in [0.4, 0.5) is 8.78 Å². The topological polar surface area (TPSA) is 50.5 Å². The lowest BCUT2D eigenvalue weighted by molar-refractivity contribution is 0.0991. The minimum absolute atomic E-state index is 0.342. The Balaban J connectivity index is 1.97. The van der Waals surface area contributed by atoms with Gasteiger partial charge in [-0.2, -0.15) is 5.10 Å². The highest BCUT2D eigenvalue weighted by Gasteiger charge is 2.22. The van der Waals surface area contributed by atoms with Gasteiger partial charge in [-0.15, -0.1) is 0 Å². The standard InChI is InChI=1S/C26H33F2N3O2/c1-4-6-9-23(32)17-30(15-5-2)18-25-19(3)29-31(22-13-11-20(27)12-14-22)26(25)33-24-10-7-8-21(28)16-24/h7-8,10-14,16,23,32H,4-6,9,15,17-18H2,1-3H3/t23-/m1/s1. The van der Waals surface area contributed by atoms with Crippen LogP contribution in [-0.4, -0.2) is 39.0 Å². The Labute approximate surface area is 194 Å². The summed E-state index contributed by atoms with van der Waals surface area (Å²) in [5.41, 5.74) is 2.25. The molecule has 0 fully saturated rings. The van der Waals surface area contributed by atoms with Crippen LogP contribution in [0, 0.1) is 18.6 Å². The minimum Gasteiger partial charge on any atom is -0.438 e. The maximum atomic E-state index is 13.8. The monoisotopic (exact) mass is 457 g/mol. The van der Waals surface area contributed by atoms with E-state index < -0.39 is 11.9 Å². The van der Waals surface area contributed by atoms with Gasteiger partial charge in [0.15, 0.2) is 0 Å². The molecule has 0 aliphatic heterocycles. The predicted molar refractivity (Wildman–Crippen MR) is 126 cm³/mol. The average molecular weight is 458 g/mol. The van der Waals surface area contributed by atoms with E-state index in [0.29, 0.717) is 30.4 Å². The van der Waals surface area contributed by atoms with Gasteiger partial charge in [-0.05, 0) is 62.7 Å². The summed E-state index contributed by atoms with van der Waals surface area (Å²) >= 11 is 0. The summed E-state index contributed by atoms with van der Waals surface area (Å²) in [4.78, 5) is 2.19. The van der Waals surface area contributed by atoms with E-state index in [1.807, 2.05) is 6.92 Å². The number of ether oxygens (including phenoxy) is 1. The molecule has 1 aromatic heterocycles. The lowest BCUT2D eigenvalue weighted by Crippen LogP contribution is -2.33.